The van der Waals surface area contributed by atoms with Crippen molar-refractivity contribution >= 4 is 0 Å². The molecule has 2 rings (SSSR count). The minimum atomic E-state index is -0.199. The largest absolute Gasteiger partial charge is 0.486 e. The molecule has 2 nitrogen and oxygen atoms in total. The SMILES string of the molecule is Cc1cc(C(CCN)Oc2ccccc2)ccc1F. The number of halogens is 1. The highest BCUT2D eigenvalue weighted by Gasteiger charge is 2.13. The Morgan fingerprint density at radius 1 is 1.16 bits per heavy atom. The van der Waals surface area contributed by atoms with Crippen molar-refractivity contribution in [1.29, 1.82) is 0 Å². The summed E-state index contributed by atoms with van der Waals surface area (Å²) < 4.78 is 19.2. The lowest BCUT2D eigenvalue weighted by atomic mass is 10.0. The highest BCUT2D eigenvalue weighted by Crippen LogP contribution is 2.25. The van der Waals surface area contributed by atoms with E-state index in [0.717, 1.165) is 11.3 Å². The van der Waals surface area contributed by atoms with Crippen LogP contribution < -0.4 is 10.5 Å². The molecule has 0 amide bonds. The Morgan fingerprint density at radius 3 is 2.53 bits per heavy atom. The Morgan fingerprint density at radius 2 is 1.89 bits per heavy atom. The predicted octanol–water partition coefficient (Wildman–Crippen LogP) is 3.60. The summed E-state index contributed by atoms with van der Waals surface area (Å²) in [4.78, 5) is 0. The van der Waals surface area contributed by atoms with Crippen LogP contribution in [0.1, 0.15) is 23.7 Å². The number of rotatable bonds is 5. The molecule has 1 unspecified atom stereocenters. The molecule has 0 fully saturated rings. The van der Waals surface area contributed by atoms with E-state index in [1.165, 1.54) is 6.07 Å². The fourth-order valence-electron chi connectivity index (χ4n) is 1.98. The predicted molar refractivity (Wildman–Crippen MR) is 74.6 cm³/mol. The molecule has 2 N–H and O–H groups in total. The molecule has 1 atom stereocenters. The van der Waals surface area contributed by atoms with Crippen LogP contribution in [0.3, 0.4) is 0 Å². The fourth-order valence-corrected chi connectivity index (χ4v) is 1.98. The normalized spacial score (nSPS) is 12.2. The van der Waals surface area contributed by atoms with E-state index in [9.17, 15) is 4.39 Å². The van der Waals surface area contributed by atoms with Gasteiger partial charge in [0.1, 0.15) is 17.7 Å². The maximum absolute atomic E-state index is 13.3. The third-order valence-electron chi connectivity index (χ3n) is 3.00. The number of aryl methyl sites for hydroxylation is 1. The van der Waals surface area contributed by atoms with Crippen LogP contribution in [-0.2, 0) is 0 Å². The standard InChI is InChI=1S/C16H18FNO/c1-12-11-13(7-8-15(12)17)16(9-10-18)19-14-5-3-2-4-6-14/h2-8,11,16H,9-10,18H2,1H3. The van der Waals surface area contributed by atoms with Crippen molar-refractivity contribution in [3.63, 3.8) is 0 Å². The van der Waals surface area contributed by atoms with Crippen LogP contribution in [0.2, 0.25) is 0 Å². The molecule has 0 spiro atoms. The van der Waals surface area contributed by atoms with Crippen LogP contribution in [-0.4, -0.2) is 6.54 Å². The van der Waals surface area contributed by atoms with Gasteiger partial charge in [0.2, 0.25) is 0 Å². The summed E-state index contributed by atoms with van der Waals surface area (Å²) in [7, 11) is 0. The number of benzene rings is 2. The summed E-state index contributed by atoms with van der Waals surface area (Å²) in [6.07, 6.45) is 0.548. The average molecular weight is 259 g/mol. The van der Waals surface area contributed by atoms with E-state index in [1.807, 2.05) is 36.4 Å². The summed E-state index contributed by atoms with van der Waals surface area (Å²) in [5.74, 6) is 0.595. The summed E-state index contributed by atoms with van der Waals surface area (Å²) in [6.45, 7) is 2.27. The molecule has 100 valence electrons. The van der Waals surface area contributed by atoms with Crippen molar-refractivity contribution in [2.75, 3.05) is 6.54 Å². The Bertz CT molecular complexity index is 528. The lowest BCUT2D eigenvalue weighted by molar-refractivity contribution is 0.197. The Hall–Kier alpha value is -1.87. The van der Waals surface area contributed by atoms with E-state index in [2.05, 4.69) is 0 Å². The lowest BCUT2D eigenvalue weighted by Gasteiger charge is -2.19. The van der Waals surface area contributed by atoms with Gasteiger partial charge in [-0.15, -0.1) is 0 Å². The third kappa shape index (κ3) is 3.55. The second-order valence-electron chi connectivity index (χ2n) is 4.51. The van der Waals surface area contributed by atoms with Crippen LogP contribution in [0, 0.1) is 12.7 Å². The van der Waals surface area contributed by atoms with Gasteiger partial charge in [0.25, 0.3) is 0 Å². The monoisotopic (exact) mass is 259 g/mol. The van der Waals surface area contributed by atoms with Gasteiger partial charge in [-0.2, -0.15) is 0 Å². The fraction of sp³-hybridized carbons (Fsp3) is 0.250. The van der Waals surface area contributed by atoms with Gasteiger partial charge in [0, 0.05) is 6.42 Å². The molecule has 0 aliphatic rings. The first-order chi connectivity index (χ1) is 9.20. The molecule has 0 bridgehead atoms. The van der Waals surface area contributed by atoms with E-state index in [1.54, 1.807) is 13.0 Å². The molecule has 0 radical (unpaired) electrons. The molecule has 0 heterocycles. The molecule has 3 heteroatoms. The second-order valence-corrected chi connectivity index (χ2v) is 4.51. The van der Waals surface area contributed by atoms with Gasteiger partial charge in [-0.05, 0) is 48.9 Å². The molecule has 0 aliphatic carbocycles. The molecule has 0 aromatic heterocycles. The topological polar surface area (TPSA) is 35.2 Å². The van der Waals surface area contributed by atoms with Gasteiger partial charge in [-0.25, -0.2) is 4.39 Å². The van der Waals surface area contributed by atoms with Crippen molar-refractivity contribution in [2.45, 2.75) is 19.4 Å². The van der Waals surface area contributed by atoms with Gasteiger partial charge >= 0.3 is 0 Å². The van der Waals surface area contributed by atoms with Gasteiger partial charge in [-0.1, -0.05) is 24.3 Å². The van der Waals surface area contributed by atoms with Crippen LogP contribution >= 0.6 is 0 Å². The molecular formula is C16H18FNO. The van der Waals surface area contributed by atoms with Crippen molar-refractivity contribution in [1.82, 2.24) is 0 Å². The number of para-hydroxylation sites is 1. The highest BCUT2D eigenvalue weighted by atomic mass is 19.1. The first-order valence-electron chi connectivity index (χ1n) is 6.38. The van der Waals surface area contributed by atoms with Crippen LogP contribution in [0.25, 0.3) is 0 Å². The number of ether oxygens (including phenoxy) is 1. The number of nitrogens with two attached hydrogens (primary N) is 1. The molecule has 0 saturated heterocycles. The van der Waals surface area contributed by atoms with Gasteiger partial charge in [-0.3, -0.25) is 0 Å². The molecule has 0 saturated carbocycles. The number of hydrogen-bond acceptors (Lipinski definition) is 2. The van der Waals surface area contributed by atoms with Crippen LogP contribution in [0.5, 0.6) is 5.75 Å². The van der Waals surface area contributed by atoms with E-state index >= 15 is 0 Å². The summed E-state index contributed by atoms with van der Waals surface area (Å²) in [5.41, 5.74) is 7.21. The van der Waals surface area contributed by atoms with Crippen molar-refractivity contribution in [3.8, 4) is 5.75 Å². The first-order valence-corrected chi connectivity index (χ1v) is 6.38. The van der Waals surface area contributed by atoms with E-state index in [0.29, 0.717) is 18.5 Å². The minimum absolute atomic E-state index is 0.147. The van der Waals surface area contributed by atoms with E-state index in [-0.39, 0.29) is 11.9 Å². The maximum Gasteiger partial charge on any atom is 0.126 e. The van der Waals surface area contributed by atoms with Gasteiger partial charge in [0.15, 0.2) is 0 Å². The quantitative estimate of drug-likeness (QED) is 0.890. The summed E-state index contributed by atoms with van der Waals surface area (Å²) in [6, 6.07) is 14.6. The van der Waals surface area contributed by atoms with Crippen molar-refractivity contribution in [3.05, 3.63) is 65.5 Å². The van der Waals surface area contributed by atoms with Crippen LogP contribution in [0.4, 0.5) is 4.39 Å². The molecule has 2 aromatic rings. The molecule has 2 aromatic carbocycles. The molecular weight excluding hydrogens is 241 g/mol. The highest BCUT2D eigenvalue weighted by molar-refractivity contribution is 5.28. The summed E-state index contributed by atoms with van der Waals surface area (Å²) in [5, 5.41) is 0. The Balaban J connectivity index is 2.21. The second kappa shape index (κ2) is 6.34. The minimum Gasteiger partial charge on any atom is -0.486 e. The zero-order chi connectivity index (χ0) is 13.7. The zero-order valence-electron chi connectivity index (χ0n) is 11.0. The smallest absolute Gasteiger partial charge is 0.126 e. The van der Waals surface area contributed by atoms with Crippen LogP contribution in [0.15, 0.2) is 48.5 Å². The van der Waals surface area contributed by atoms with E-state index < -0.39 is 0 Å². The average Bonchev–Trinajstić information content (AvgIpc) is 2.43. The Kier molecular flexibility index (Phi) is 4.53. The zero-order valence-corrected chi connectivity index (χ0v) is 11.0. The number of hydrogen-bond donors (Lipinski definition) is 1. The van der Waals surface area contributed by atoms with Crippen molar-refractivity contribution in [2.24, 2.45) is 5.73 Å². The first kappa shape index (κ1) is 13.6. The van der Waals surface area contributed by atoms with Crippen molar-refractivity contribution < 1.29 is 9.13 Å². The maximum atomic E-state index is 13.3. The lowest BCUT2D eigenvalue weighted by Crippen LogP contribution is -2.13. The third-order valence-corrected chi connectivity index (χ3v) is 3.00. The van der Waals surface area contributed by atoms with Gasteiger partial charge in [0.05, 0.1) is 0 Å². The Labute approximate surface area is 113 Å². The van der Waals surface area contributed by atoms with Gasteiger partial charge < -0.3 is 10.5 Å². The van der Waals surface area contributed by atoms with E-state index in [4.69, 9.17) is 10.5 Å². The molecule has 0 aliphatic heterocycles. The molecule has 19 heavy (non-hydrogen) atoms. The summed E-state index contributed by atoms with van der Waals surface area (Å²) >= 11 is 0.